The highest BCUT2D eigenvalue weighted by Gasteiger charge is 2.26. The molecule has 70 valence electrons. The van der Waals surface area contributed by atoms with Crippen molar-refractivity contribution < 1.29 is 9.53 Å². The van der Waals surface area contributed by atoms with Gasteiger partial charge in [0.05, 0.1) is 0 Å². The molecule has 0 spiro atoms. The number of carbonyl (C=O) groups excluding carboxylic acids is 1. The van der Waals surface area contributed by atoms with Crippen LogP contribution in [0.15, 0.2) is 0 Å². The molecule has 0 saturated carbocycles. The van der Waals surface area contributed by atoms with E-state index in [0.29, 0.717) is 0 Å². The van der Waals surface area contributed by atoms with Gasteiger partial charge in [-0.3, -0.25) is 4.90 Å². The van der Waals surface area contributed by atoms with Gasteiger partial charge in [0.15, 0.2) is 0 Å². The largest absolute Gasteiger partial charge is 0.444 e. The van der Waals surface area contributed by atoms with Gasteiger partial charge in [-0.05, 0) is 20.9 Å². The molecule has 0 aliphatic carbocycles. The maximum atomic E-state index is 11.0. The van der Waals surface area contributed by atoms with Crippen LogP contribution < -0.4 is 5.32 Å². The van der Waals surface area contributed by atoms with E-state index in [1.165, 1.54) is 0 Å². The van der Waals surface area contributed by atoms with E-state index in [9.17, 15) is 4.79 Å². The fraction of sp³-hybridized carbons (Fsp3) is 0.875. The van der Waals surface area contributed by atoms with E-state index in [2.05, 4.69) is 10.2 Å². The van der Waals surface area contributed by atoms with Crippen LogP contribution in [0, 0.1) is 0 Å². The number of rotatable bonds is 2. The van der Waals surface area contributed by atoms with E-state index >= 15 is 0 Å². The van der Waals surface area contributed by atoms with Crippen LogP contribution in [-0.4, -0.2) is 43.3 Å². The first-order chi connectivity index (χ1) is 5.58. The van der Waals surface area contributed by atoms with E-state index in [1.807, 2.05) is 20.9 Å². The minimum absolute atomic E-state index is 0.0914. The number of amides is 1. The Balaban J connectivity index is 2.11. The van der Waals surface area contributed by atoms with Gasteiger partial charge in [-0.15, -0.1) is 0 Å². The standard InChI is InChI=1S/C8H16N2O2/c1-6(2)9-8(11)12-7-4-10(3)5-7/h6-7H,4-5H2,1-3H3,(H,9,11). The van der Waals surface area contributed by atoms with Crippen molar-refractivity contribution >= 4 is 6.09 Å². The van der Waals surface area contributed by atoms with Crippen LogP contribution in [0.5, 0.6) is 0 Å². The lowest BCUT2D eigenvalue weighted by molar-refractivity contribution is -0.0000337. The molecule has 0 aromatic rings. The molecule has 0 unspecified atom stereocenters. The third kappa shape index (κ3) is 2.70. The number of ether oxygens (including phenoxy) is 1. The molecule has 0 aromatic carbocycles. The minimum Gasteiger partial charge on any atom is -0.444 e. The number of likely N-dealkylation sites (tertiary alicyclic amines) is 1. The number of nitrogens with zero attached hydrogens (tertiary/aromatic N) is 1. The predicted molar refractivity (Wildman–Crippen MR) is 46.0 cm³/mol. The summed E-state index contributed by atoms with van der Waals surface area (Å²) in [4.78, 5) is 13.1. The predicted octanol–water partition coefficient (Wildman–Crippen LogP) is 0.435. The maximum Gasteiger partial charge on any atom is 0.407 e. The van der Waals surface area contributed by atoms with E-state index in [0.717, 1.165) is 13.1 Å². The number of hydrogen-bond donors (Lipinski definition) is 1. The average molecular weight is 172 g/mol. The van der Waals surface area contributed by atoms with E-state index in [4.69, 9.17) is 4.74 Å². The number of hydrogen-bond acceptors (Lipinski definition) is 3. The number of likely N-dealkylation sites (N-methyl/N-ethyl adjacent to an activating group) is 1. The first-order valence-corrected chi connectivity index (χ1v) is 4.23. The molecule has 0 radical (unpaired) electrons. The monoisotopic (exact) mass is 172 g/mol. The third-order valence-electron chi connectivity index (χ3n) is 1.71. The molecule has 1 heterocycles. The first kappa shape index (κ1) is 9.32. The van der Waals surface area contributed by atoms with Gasteiger partial charge in [-0.25, -0.2) is 4.79 Å². The second-order valence-electron chi connectivity index (χ2n) is 3.55. The van der Waals surface area contributed by atoms with Crippen LogP contribution in [0.3, 0.4) is 0 Å². The van der Waals surface area contributed by atoms with Crippen molar-refractivity contribution in [3.63, 3.8) is 0 Å². The maximum absolute atomic E-state index is 11.0. The van der Waals surface area contributed by atoms with Gasteiger partial charge < -0.3 is 10.1 Å². The number of carbonyl (C=O) groups is 1. The first-order valence-electron chi connectivity index (χ1n) is 4.23. The molecule has 0 aromatic heterocycles. The molecular formula is C8H16N2O2. The lowest BCUT2D eigenvalue weighted by Crippen LogP contribution is -2.51. The Hall–Kier alpha value is -0.770. The summed E-state index contributed by atoms with van der Waals surface area (Å²) in [6.45, 7) is 5.53. The molecule has 12 heavy (non-hydrogen) atoms. The second kappa shape index (κ2) is 3.76. The van der Waals surface area contributed by atoms with Gasteiger partial charge in [0, 0.05) is 19.1 Å². The van der Waals surface area contributed by atoms with Crippen molar-refractivity contribution in [3.8, 4) is 0 Å². The summed E-state index contributed by atoms with van der Waals surface area (Å²) in [7, 11) is 2.00. The Morgan fingerprint density at radius 2 is 2.17 bits per heavy atom. The topological polar surface area (TPSA) is 41.6 Å². The Morgan fingerprint density at radius 1 is 1.58 bits per heavy atom. The van der Waals surface area contributed by atoms with Gasteiger partial charge in [-0.1, -0.05) is 0 Å². The molecule has 1 aliphatic rings. The summed E-state index contributed by atoms with van der Waals surface area (Å²) in [6.07, 6.45) is -0.211. The summed E-state index contributed by atoms with van der Waals surface area (Å²) in [5.74, 6) is 0. The van der Waals surface area contributed by atoms with Crippen LogP contribution in [0.1, 0.15) is 13.8 Å². The van der Waals surface area contributed by atoms with Crippen molar-refractivity contribution in [1.82, 2.24) is 10.2 Å². The lowest BCUT2D eigenvalue weighted by Gasteiger charge is -2.35. The Labute approximate surface area is 72.9 Å². The summed E-state index contributed by atoms with van der Waals surface area (Å²) in [5.41, 5.74) is 0. The fourth-order valence-corrected chi connectivity index (χ4v) is 1.14. The molecule has 0 atom stereocenters. The van der Waals surface area contributed by atoms with Crippen molar-refractivity contribution in [2.75, 3.05) is 20.1 Å². The molecule has 0 bridgehead atoms. The quantitative estimate of drug-likeness (QED) is 0.657. The van der Waals surface area contributed by atoms with Crippen LogP contribution >= 0.6 is 0 Å². The van der Waals surface area contributed by atoms with Gasteiger partial charge in [0.2, 0.25) is 0 Å². The zero-order valence-electron chi connectivity index (χ0n) is 7.83. The van der Waals surface area contributed by atoms with Gasteiger partial charge in [0.1, 0.15) is 6.10 Å². The van der Waals surface area contributed by atoms with E-state index in [1.54, 1.807) is 0 Å². The van der Waals surface area contributed by atoms with Gasteiger partial charge in [-0.2, -0.15) is 0 Å². The molecule has 1 aliphatic heterocycles. The van der Waals surface area contributed by atoms with Crippen molar-refractivity contribution in [2.45, 2.75) is 26.0 Å². The Morgan fingerprint density at radius 3 is 2.58 bits per heavy atom. The van der Waals surface area contributed by atoms with Crippen molar-refractivity contribution in [1.29, 1.82) is 0 Å². The third-order valence-corrected chi connectivity index (χ3v) is 1.71. The van der Waals surface area contributed by atoms with Crippen LogP contribution in [0.25, 0.3) is 0 Å². The van der Waals surface area contributed by atoms with Crippen molar-refractivity contribution in [3.05, 3.63) is 0 Å². The number of nitrogens with one attached hydrogen (secondary N) is 1. The molecule has 1 N–H and O–H groups in total. The van der Waals surface area contributed by atoms with Crippen LogP contribution in [-0.2, 0) is 4.74 Å². The normalized spacial score (nSPS) is 19.0. The fourth-order valence-electron chi connectivity index (χ4n) is 1.14. The zero-order valence-corrected chi connectivity index (χ0v) is 7.83. The average Bonchev–Trinajstić information content (AvgIpc) is 1.82. The van der Waals surface area contributed by atoms with E-state index < -0.39 is 0 Å². The summed E-state index contributed by atoms with van der Waals surface area (Å²) >= 11 is 0. The number of alkyl carbamates (subject to hydrolysis) is 1. The highest BCUT2D eigenvalue weighted by Crippen LogP contribution is 2.08. The minimum atomic E-state index is -0.303. The van der Waals surface area contributed by atoms with Crippen molar-refractivity contribution in [2.24, 2.45) is 0 Å². The molecular weight excluding hydrogens is 156 g/mol. The smallest absolute Gasteiger partial charge is 0.407 e. The molecule has 1 saturated heterocycles. The summed E-state index contributed by atoms with van der Waals surface area (Å²) in [6, 6.07) is 0.148. The van der Waals surface area contributed by atoms with E-state index in [-0.39, 0.29) is 18.2 Å². The second-order valence-corrected chi connectivity index (χ2v) is 3.55. The molecule has 4 nitrogen and oxygen atoms in total. The highest BCUT2D eigenvalue weighted by molar-refractivity contribution is 5.67. The summed E-state index contributed by atoms with van der Waals surface area (Å²) in [5, 5.41) is 2.68. The Kier molecular flexibility index (Phi) is 2.92. The summed E-state index contributed by atoms with van der Waals surface area (Å²) < 4.78 is 5.08. The van der Waals surface area contributed by atoms with Crippen LogP contribution in [0.2, 0.25) is 0 Å². The molecule has 1 amide bonds. The molecule has 4 heteroatoms. The zero-order chi connectivity index (χ0) is 9.14. The van der Waals surface area contributed by atoms with Gasteiger partial charge in [0.25, 0.3) is 0 Å². The van der Waals surface area contributed by atoms with Gasteiger partial charge >= 0.3 is 6.09 Å². The highest BCUT2D eigenvalue weighted by atomic mass is 16.6. The SMILES string of the molecule is CC(C)NC(=O)OC1CN(C)C1. The molecule has 1 rings (SSSR count). The van der Waals surface area contributed by atoms with Crippen LogP contribution in [0.4, 0.5) is 4.79 Å². The Bertz CT molecular complexity index is 164. The lowest BCUT2D eigenvalue weighted by atomic mass is 10.2. The molecule has 1 fully saturated rings.